The van der Waals surface area contributed by atoms with Crippen molar-refractivity contribution >= 4 is 0 Å². The normalized spacial score (nSPS) is 43.0. The van der Waals surface area contributed by atoms with Gasteiger partial charge in [0.1, 0.15) is 0 Å². The van der Waals surface area contributed by atoms with Crippen LogP contribution in [0.25, 0.3) is 0 Å². The van der Waals surface area contributed by atoms with E-state index in [1.54, 1.807) is 0 Å². The van der Waals surface area contributed by atoms with Crippen LogP contribution in [-0.4, -0.2) is 25.3 Å². The third kappa shape index (κ3) is 2.02. The largest absolute Gasteiger partial charge is 0.374 e. The minimum atomic E-state index is 0.506. The Morgan fingerprint density at radius 2 is 1.78 bits per heavy atom. The van der Waals surface area contributed by atoms with Gasteiger partial charge in [-0.15, -0.1) is 0 Å². The van der Waals surface area contributed by atoms with E-state index in [1.807, 2.05) is 0 Å². The average molecular weight is 251 g/mol. The highest BCUT2D eigenvalue weighted by atomic mass is 16.5. The van der Waals surface area contributed by atoms with Gasteiger partial charge in [-0.05, 0) is 45.1 Å². The van der Waals surface area contributed by atoms with Gasteiger partial charge >= 0.3 is 0 Å². The maximum absolute atomic E-state index is 6.57. The molecule has 3 aliphatic carbocycles. The molecule has 2 heteroatoms. The van der Waals surface area contributed by atoms with E-state index in [-0.39, 0.29) is 0 Å². The highest BCUT2D eigenvalue weighted by molar-refractivity contribution is 5.10. The lowest BCUT2D eigenvalue weighted by Gasteiger charge is -2.55. The fraction of sp³-hybridized carbons (Fsp3) is 1.00. The summed E-state index contributed by atoms with van der Waals surface area (Å²) < 4.78 is 6.57. The average Bonchev–Trinajstić information content (AvgIpc) is 2.88. The van der Waals surface area contributed by atoms with E-state index in [9.17, 15) is 0 Å². The van der Waals surface area contributed by atoms with Crippen molar-refractivity contribution in [1.29, 1.82) is 0 Å². The quantitative estimate of drug-likeness (QED) is 0.829. The van der Waals surface area contributed by atoms with Crippen molar-refractivity contribution in [2.24, 2.45) is 11.3 Å². The van der Waals surface area contributed by atoms with Gasteiger partial charge in [0.2, 0.25) is 0 Å². The highest BCUT2D eigenvalue weighted by Gasteiger charge is 2.56. The Morgan fingerprint density at radius 3 is 2.44 bits per heavy atom. The lowest BCUT2D eigenvalue weighted by atomic mass is 9.60. The fourth-order valence-corrected chi connectivity index (χ4v) is 4.74. The summed E-state index contributed by atoms with van der Waals surface area (Å²) in [6.45, 7) is 2.39. The number of rotatable bonds is 3. The molecule has 0 heterocycles. The first-order valence-electron chi connectivity index (χ1n) is 8.09. The number of hydrogen-bond acceptors (Lipinski definition) is 2. The SMILES string of the molecule is CNC1CC(OC2CCCCC2C)C12CCCC2. The van der Waals surface area contributed by atoms with E-state index >= 15 is 0 Å². The molecule has 0 amide bonds. The molecule has 0 aromatic carbocycles. The van der Waals surface area contributed by atoms with Gasteiger partial charge in [-0.25, -0.2) is 0 Å². The Bertz CT molecular complexity index is 285. The van der Waals surface area contributed by atoms with Crippen molar-refractivity contribution in [1.82, 2.24) is 5.32 Å². The second kappa shape index (κ2) is 5.13. The molecule has 0 bridgehead atoms. The third-order valence-electron chi connectivity index (χ3n) is 6.04. The molecule has 0 saturated heterocycles. The van der Waals surface area contributed by atoms with Gasteiger partial charge in [0, 0.05) is 11.5 Å². The molecule has 3 saturated carbocycles. The van der Waals surface area contributed by atoms with Crippen LogP contribution < -0.4 is 5.32 Å². The molecule has 18 heavy (non-hydrogen) atoms. The maximum Gasteiger partial charge on any atom is 0.0665 e. The summed E-state index contributed by atoms with van der Waals surface area (Å²) in [7, 11) is 2.13. The van der Waals surface area contributed by atoms with Gasteiger partial charge in [-0.1, -0.05) is 32.6 Å². The molecule has 3 aliphatic rings. The van der Waals surface area contributed by atoms with Crippen LogP contribution >= 0.6 is 0 Å². The number of nitrogens with one attached hydrogen (secondary N) is 1. The van der Waals surface area contributed by atoms with Crippen LogP contribution in [0.5, 0.6) is 0 Å². The van der Waals surface area contributed by atoms with E-state index in [4.69, 9.17) is 4.74 Å². The summed E-state index contributed by atoms with van der Waals surface area (Å²) >= 11 is 0. The lowest BCUT2D eigenvalue weighted by Crippen LogP contribution is -2.62. The van der Waals surface area contributed by atoms with Crippen LogP contribution in [-0.2, 0) is 4.74 Å². The first kappa shape index (κ1) is 12.9. The Hall–Kier alpha value is -0.0800. The van der Waals surface area contributed by atoms with Crippen molar-refractivity contribution in [3.8, 4) is 0 Å². The molecule has 0 aromatic heterocycles. The van der Waals surface area contributed by atoms with Crippen LogP contribution in [0.15, 0.2) is 0 Å². The third-order valence-corrected chi connectivity index (χ3v) is 6.04. The van der Waals surface area contributed by atoms with E-state index in [1.165, 1.54) is 57.8 Å². The monoisotopic (exact) mass is 251 g/mol. The number of hydrogen-bond donors (Lipinski definition) is 1. The Kier molecular flexibility index (Phi) is 3.68. The minimum Gasteiger partial charge on any atom is -0.374 e. The molecule has 1 spiro atoms. The van der Waals surface area contributed by atoms with Crippen LogP contribution in [0, 0.1) is 11.3 Å². The predicted octanol–water partition coefficient (Wildman–Crippen LogP) is 3.50. The zero-order valence-corrected chi connectivity index (χ0v) is 12.1. The van der Waals surface area contributed by atoms with E-state index < -0.39 is 0 Å². The smallest absolute Gasteiger partial charge is 0.0665 e. The predicted molar refractivity (Wildman–Crippen MR) is 74.7 cm³/mol. The van der Waals surface area contributed by atoms with Gasteiger partial charge in [-0.3, -0.25) is 0 Å². The maximum atomic E-state index is 6.57. The van der Waals surface area contributed by atoms with E-state index in [0.29, 0.717) is 17.6 Å². The molecule has 4 atom stereocenters. The van der Waals surface area contributed by atoms with Crippen molar-refractivity contribution < 1.29 is 4.74 Å². The minimum absolute atomic E-state index is 0.506. The molecule has 2 nitrogen and oxygen atoms in total. The first-order valence-corrected chi connectivity index (χ1v) is 8.09. The molecule has 0 radical (unpaired) electrons. The van der Waals surface area contributed by atoms with Gasteiger partial charge in [-0.2, -0.15) is 0 Å². The van der Waals surface area contributed by atoms with Crippen molar-refractivity contribution in [3.63, 3.8) is 0 Å². The van der Waals surface area contributed by atoms with Gasteiger partial charge in [0.05, 0.1) is 12.2 Å². The summed E-state index contributed by atoms with van der Waals surface area (Å²) in [6, 6.07) is 0.726. The molecular formula is C16H29NO. The van der Waals surface area contributed by atoms with Crippen LogP contribution in [0.4, 0.5) is 0 Å². The first-order chi connectivity index (χ1) is 8.76. The molecule has 0 aliphatic heterocycles. The van der Waals surface area contributed by atoms with E-state index in [2.05, 4.69) is 19.3 Å². The molecule has 1 N–H and O–H groups in total. The van der Waals surface area contributed by atoms with Gasteiger partial charge in [0.15, 0.2) is 0 Å². The molecule has 3 rings (SSSR count). The fourth-order valence-electron chi connectivity index (χ4n) is 4.74. The van der Waals surface area contributed by atoms with Crippen LogP contribution in [0.2, 0.25) is 0 Å². The van der Waals surface area contributed by atoms with Crippen LogP contribution in [0.1, 0.15) is 64.7 Å². The topological polar surface area (TPSA) is 21.3 Å². The second-order valence-electron chi connectivity index (χ2n) is 6.94. The Balaban J connectivity index is 1.62. The summed E-state index contributed by atoms with van der Waals surface area (Å²) in [6.07, 6.45) is 13.4. The van der Waals surface area contributed by atoms with E-state index in [0.717, 1.165) is 12.0 Å². The van der Waals surface area contributed by atoms with Crippen molar-refractivity contribution in [2.45, 2.75) is 83.0 Å². The zero-order valence-electron chi connectivity index (χ0n) is 12.1. The zero-order chi connectivity index (χ0) is 12.6. The number of ether oxygens (including phenoxy) is 1. The summed E-state index contributed by atoms with van der Waals surface area (Å²) in [5.74, 6) is 0.783. The Morgan fingerprint density at radius 1 is 1.06 bits per heavy atom. The molecule has 0 aromatic rings. The molecule has 4 unspecified atom stereocenters. The molecule has 104 valence electrons. The summed E-state index contributed by atoms with van der Waals surface area (Å²) in [5.41, 5.74) is 0.506. The van der Waals surface area contributed by atoms with Gasteiger partial charge in [0.25, 0.3) is 0 Å². The Labute approximate surface area is 112 Å². The van der Waals surface area contributed by atoms with Gasteiger partial charge < -0.3 is 10.1 Å². The van der Waals surface area contributed by atoms with Crippen molar-refractivity contribution in [2.75, 3.05) is 7.05 Å². The summed E-state index contributed by atoms with van der Waals surface area (Å²) in [5, 5.41) is 3.53. The highest BCUT2D eigenvalue weighted by Crippen LogP contribution is 2.55. The second-order valence-corrected chi connectivity index (χ2v) is 6.94. The standard InChI is InChI=1S/C16H29NO/c1-12-7-3-4-8-13(12)18-15-11-14(17-2)16(15)9-5-6-10-16/h12-15,17H,3-11H2,1-2H3. The summed E-state index contributed by atoms with van der Waals surface area (Å²) in [4.78, 5) is 0. The van der Waals surface area contributed by atoms with Crippen LogP contribution in [0.3, 0.4) is 0 Å². The van der Waals surface area contributed by atoms with Crippen molar-refractivity contribution in [3.05, 3.63) is 0 Å². The lowest BCUT2D eigenvalue weighted by molar-refractivity contribution is -0.175. The molecular weight excluding hydrogens is 222 g/mol. The molecule has 3 fully saturated rings.